The molecule has 1 aromatic heterocycles. The number of aromatic nitrogens is 2. The molecule has 0 spiro atoms. The second kappa shape index (κ2) is 7.18. The third kappa shape index (κ3) is 3.58. The molecular weight excluding hydrogens is 254 g/mol. The van der Waals surface area contributed by atoms with Crippen LogP contribution >= 0.6 is 0 Å². The Bertz CT molecular complexity index is 406. The molecule has 0 amide bonds. The quantitative estimate of drug-likeness (QED) is 0.839. The van der Waals surface area contributed by atoms with Crippen LogP contribution in [0.25, 0.3) is 0 Å². The fraction of sp³-hybridized carbons (Fsp3) is 0.867. The van der Waals surface area contributed by atoms with Crippen molar-refractivity contribution < 1.29 is 9.26 Å². The molecule has 2 N–H and O–H groups in total. The summed E-state index contributed by atoms with van der Waals surface area (Å²) in [6, 6.07) is 0.135. The highest BCUT2D eigenvalue weighted by Gasteiger charge is 2.29. The first-order valence-corrected chi connectivity index (χ1v) is 7.84. The van der Waals surface area contributed by atoms with Crippen LogP contribution in [-0.4, -0.2) is 22.8 Å². The van der Waals surface area contributed by atoms with Gasteiger partial charge >= 0.3 is 0 Å². The Morgan fingerprint density at radius 3 is 2.75 bits per heavy atom. The summed E-state index contributed by atoms with van der Waals surface area (Å²) in [4.78, 5) is 4.58. The van der Waals surface area contributed by atoms with E-state index < -0.39 is 0 Å². The van der Waals surface area contributed by atoms with Crippen molar-refractivity contribution in [2.24, 2.45) is 11.7 Å². The van der Waals surface area contributed by atoms with Gasteiger partial charge in [-0.15, -0.1) is 0 Å². The zero-order chi connectivity index (χ0) is 14.5. The number of ether oxygens (including phenoxy) is 1. The maximum absolute atomic E-state index is 6.26. The molecule has 0 saturated heterocycles. The first-order chi connectivity index (χ1) is 9.63. The summed E-state index contributed by atoms with van der Waals surface area (Å²) < 4.78 is 11.2. The Balaban J connectivity index is 2.14. The summed E-state index contributed by atoms with van der Waals surface area (Å²) >= 11 is 0. The lowest BCUT2D eigenvalue weighted by atomic mass is 9.95. The summed E-state index contributed by atoms with van der Waals surface area (Å²) in [5.74, 6) is 1.88. The van der Waals surface area contributed by atoms with Gasteiger partial charge in [-0.25, -0.2) is 0 Å². The van der Waals surface area contributed by atoms with Crippen LogP contribution in [0.4, 0.5) is 0 Å². The van der Waals surface area contributed by atoms with Crippen LogP contribution in [0.3, 0.4) is 0 Å². The highest BCUT2D eigenvalue weighted by molar-refractivity contribution is 5.01. The SMILES string of the molecule is CCOC(c1noc(C2CCCCCC2N)n1)C(C)C. The molecule has 20 heavy (non-hydrogen) atoms. The van der Waals surface area contributed by atoms with Crippen molar-refractivity contribution in [3.05, 3.63) is 11.7 Å². The molecule has 1 aliphatic carbocycles. The summed E-state index contributed by atoms with van der Waals surface area (Å²) in [6.07, 6.45) is 5.63. The van der Waals surface area contributed by atoms with Crippen LogP contribution < -0.4 is 5.73 Å². The standard InChI is InChI=1S/C15H27N3O2/c1-4-19-13(10(2)3)14-17-15(20-18-14)11-8-6-5-7-9-12(11)16/h10-13H,4-9,16H2,1-3H3. The minimum Gasteiger partial charge on any atom is -0.370 e. The smallest absolute Gasteiger partial charge is 0.231 e. The van der Waals surface area contributed by atoms with Gasteiger partial charge in [-0.05, 0) is 25.7 Å². The molecule has 1 saturated carbocycles. The van der Waals surface area contributed by atoms with E-state index in [0.29, 0.717) is 24.2 Å². The highest BCUT2D eigenvalue weighted by atomic mass is 16.5. The summed E-state index contributed by atoms with van der Waals surface area (Å²) in [5, 5.41) is 4.13. The van der Waals surface area contributed by atoms with Crippen LogP contribution in [-0.2, 0) is 4.74 Å². The van der Waals surface area contributed by atoms with Crippen molar-refractivity contribution in [2.45, 2.75) is 70.9 Å². The van der Waals surface area contributed by atoms with E-state index in [2.05, 4.69) is 24.0 Å². The van der Waals surface area contributed by atoms with Crippen molar-refractivity contribution in [3.8, 4) is 0 Å². The second-order valence-corrected chi connectivity index (χ2v) is 6.02. The van der Waals surface area contributed by atoms with E-state index in [9.17, 15) is 0 Å². The van der Waals surface area contributed by atoms with Crippen molar-refractivity contribution in [3.63, 3.8) is 0 Å². The van der Waals surface area contributed by atoms with Gasteiger partial charge in [-0.1, -0.05) is 38.3 Å². The second-order valence-electron chi connectivity index (χ2n) is 6.02. The summed E-state index contributed by atoms with van der Waals surface area (Å²) in [7, 11) is 0. The summed E-state index contributed by atoms with van der Waals surface area (Å²) in [5.41, 5.74) is 6.26. The molecule has 114 valence electrons. The highest BCUT2D eigenvalue weighted by Crippen LogP contribution is 2.31. The fourth-order valence-corrected chi connectivity index (χ4v) is 2.90. The Morgan fingerprint density at radius 1 is 1.30 bits per heavy atom. The molecule has 5 heteroatoms. The van der Waals surface area contributed by atoms with Gasteiger partial charge in [0.05, 0.1) is 5.92 Å². The third-order valence-electron chi connectivity index (χ3n) is 4.05. The normalized spacial score (nSPS) is 25.6. The van der Waals surface area contributed by atoms with Gasteiger partial charge in [-0.2, -0.15) is 4.98 Å². The van der Waals surface area contributed by atoms with Crippen molar-refractivity contribution in [1.82, 2.24) is 10.1 Å². The molecule has 0 aliphatic heterocycles. The molecule has 2 rings (SSSR count). The van der Waals surface area contributed by atoms with Crippen LogP contribution in [0.1, 0.15) is 76.6 Å². The number of hydrogen-bond donors (Lipinski definition) is 1. The minimum absolute atomic E-state index is 0.0977. The van der Waals surface area contributed by atoms with E-state index in [4.69, 9.17) is 15.0 Å². The molecule has 1 aromatic rings. The molecule has 5 nitrogen and oxygen atoms in total. The largest absolute Gasteiger partial charge is 0.370 e. The van der Waals surface area contributed by atoms with E-state index in [0.717, 1.165) is 12.8 Å². The topological polar surface area (TPSA) is 74.2 Å². The van der Waals surface area contributed by atoms with Crippen LogP contribution in [0, 0.1) is 5.92 Å². The Hall–Kier alpha value is -0.940. The number of nitrogens with zero attached hydrogens (tertiary/aromatic N) is 2. The van der Waals surface area contributed by atoms with Crippen molar-refractivity contribution in [2.75, 3.05) is 6.61 Å². The van der Waals surface area contributed by atoms with E-state index in [1.807, 2.05) is 6.92 Å². The van der Waals surface area contributed by atoms with Crippen LogP contribution in [0.15, 0.2) is 4.52 Å². The average Bonchev–Trinajstić information content (AvgIpc) is 2.78. The van der Waals surface area contributed by atoms with Gasteiger partial charge in [0.25, 0.3) is 0 Å². The minimum atomic E-state index is -0.0977. The summed E-state index contributed by atoms with van der Waals surface area (Å²) in [6.45, 7) is 6.84. The van der Waals surface area contributed by atoms with Gasteiger partial charge in [0.2, 0.25) is 11.7 Å². The van der Waals surface area contributed by atoms with E-state index in [1.165, 1.54) is 19.3 Å². The number of nitrogens with two attached hydrogens (primary N) is 1. The predicted octanol–water partition coefficient (Wildman–Crippen LogP) is 3.18. The molecule has 0 radical (unpaired) electrons. The van der Waals surface area contributed by atoms with E-state index in [1.54, 1.807) is 0 Å². The molecule has 0 aromatic carbocycles. The van der Waals surface area contributed by atoms with Crippen molar-refractivity contribution >= 4 is 0 Å². The molecule has 3 unspecified atom stereocenters. The monoisotopic (exact) mass is 281 g/mol. The molecular formula is C15H27N3O2. The first-order valence-electron chi connectivity index (χ1n) is 7.84. The maximum Gasteiger partial charge on any atom is 0.231 e. The Morgan fingerprint density at radius 2 is 2.05 bits per heavy atom. The van der Waals surface area contributed by atoms with E-state index in [-0.39, 0.29) is 18.1 Å². The fourth-order valence-electron chi connectivity index (χ4n) is 2.90. The Kier molecular flexibility index (Phi) is 5.54. The average molecular weight is 281 g/mol. The van der Waals surface area contributed by atoms with Crippen LogP contribution in [0.2, 0.25) is 0 Å². The lowest BCUT2D eigenvalue weighted by Crippen LogP contribution is -2.27. The van der Waals surface area contributed by atoms with Gasteiger partial charge in [0.1, 0.15) is 6.10 Å². The molecule has 1 aliphatic rings. The predicted molar refractivity (Wildman–Crippen MR) is 77.3 cm³/mol. The molecule has 0 bridgehead atoms. The molecule has 3 atom stereocenters. The lowest BCUT2D eigenvalue weighted by Gasteiger charge is -2.18. The number of rotatable bonds is 5. The lowest BCUT2D eigenvalue weighted by molar-refractivity contribution is 0.0217. The molecule has 1 fully saturated rings. The third-order valence-corrected chi connectivity index (χ3v) is 4.05. The van der Waals surface area contributed by atoms with E-state index >= 15 is 0 Å². The van der Waals surface area contributed by atoms with Crippen LogP contribution in [0.5, 0.6) is 0 Å². The zero-order valence-corrected chi connectivity index (χ0v) is 12.8. The molecule has 1 heterocycles. The maximum atomic E-state index is 6.26. The first kappa shape index (κ1) is 15.4. The van der Waals surface area contributed by atoms with Gasteiger partial charge in [0.15, 0.2) is 0 Å². The zero-order valence-electron chi connectivity index (χ0n) is 12.8. The van der Waals surface area contributed by atoms with Crippen molar-refractivity contribution in [1.29, 1.82) is 0 Å². The van der Waals surface area contributed by atoms with Gasteiger partial charge in [0, 0.05) is 12.6 Å². The number of hydrogen-bond acceptors (Lipinski definition) is 5. The van der Waals surface area contributed by atoms with Gasteiger partial charge < -0.3 is 15.0 Å². The van der Waals surface area contributed by atoms with Gasteiger partial charge in [-0.3, -0.25) is 0 Å². The Labute approximate surface area is 121 Å².